The Balaban J connectivity index is 2.09. The lowest BCUT2D eigenvalue weighted by molar-refractivity contribution is -0.116. The topological polar surface area (TPSA) is 66.5 Å². The van der Waals surface area contributed by atoms with Crippen molar-refractivity contribution in [3.63, 3.8) is 0 Å². The quantitative estimate of drug-likeness (QED) is 0.879. The van der Waals surface area contributed by atoms with Gasteiger partial charge in [0.2, 0.25) is 15.9 Å². The third-order valence-corrected chi connectivity index (χ3v) is 5.42. The molecule has 2 rings (SSSR count). The minimum absolute atomic E-state index is 0.0418. The fraction of sp³-hybridized carbons (Fsp3) is 0.188. The zero-order valence-electron chi connectivity index (χ0n) is 13.1. The summed E-state index contributed by atoms with van der Waals surface area (Å²) in [6.07, 6.45) is 0. The lowest BCUT2D eigenvalue weighted by atomic mass is 10.2. The first-order valence-electron chi connectivity index (χ1n) is 6.98. The van der Waals surface area contributed by atoms with E-state index in [1.807, 2.05) is 0 Å². The molecular formula is C16H16ClFN2O3S. The van der Waals surface area contributed by atoms with Crippen molar-refractivity contribution in [1.29, 1.82) is 0 Å². The van der Waals surface area contributed by atoms with Gasteiger partial charge in [-0.15, -0.1) is 0 Å². The first-order chi connectivity index (χ1) is 11.2. The van der Waals surface area contributed by atoms with Gasteiger partial charge in [0, 0.05) is 17.8 Å². The molecule has 1 N–H and O–H groups in total. The average molecular weight is 371 g/mol. The van der Waals surface area contributed by atoms with Crippen molar-refractivity contribution in [2.24, 2.45) is 0 Å². The molecular weight excluding hydrogens is 355 g/mol. The molecule has 0 bridgehead atoms. The Morgan fingerprint density at radius 2 is 1.83 bits per heavy atom. The molecule has 0 spiro atoms. The monoisotopic (exact) mass is 370 g/mol. The molecule has 8 heteroatoms. The van der Waals surface area contributed by atoms with E-state index in [2.05, 4.69) is 5.32 Å². The Labute approximate surface area is 145 Å². The van der Waals surface area contributed by atoms with Gasteiger partial charge in [-0.1, -0.05) is 11.6 Å². The van der Waals surface area contributed by atoms with Gasteiger partial charge in [0.1, 0.15) is 5.82 Å². The summed E-state index contributed by atoms with van der Waals surface area (Å²) in [6.45, 7) is 1.27. The van der Waals surface area contributed by atoms with Crippen LogP contribution in [0.3, 0.4) is 0 Å². The highest BCUT2D eigenvalue weighted by molar-refractivity contribution is 7.89. The van der Waals surface area contributed by atoms with Gasteiger partial charge in [-0.05, 0) is 55.0 Å². The molecule has 0 aliphatic carbocycles. The first-order valence-corrected chi connectivity index (χ1v) is 8.80. The normalized spacial score (nSPS) is 11.5. The maximum atomic E-state index is 13.1. The summed E-state index contributed by atoms with van der Waals surface area (Å²) in [4.78, 5) is 12.1. The number of amides is 1. The van der Waals surface area contributed by atoms with Gasteiger partial charge in [-0.2, -0.15) is 4.31 Å². The van der Waals surface area contributed by atoms with E-state index in [0.717, 1.165) is 4.31 Å². The maximum absolute atomic E-state index is 13.1. The maximum Gasteiger partial charge on any atom is 0.243 e. The van der Waals surface area contributed by atoms with Gasteiger partial charge in [0.25, 0.3) is 0 Å². The van der Waals surface area contributed by atoms with Crippen LogP contribution >= 0.6 is 11.6 Å². The van der Waals surface area contributed by atoms with E-state index in [9.17, 15) is 17.6 Å². The van der Waals surface area contributed by atoms with Gasteiger partial charge >= 0.3 is 0 Å². The number of sulfonamides is 1. The summed E-state index contributed by atoms with van der Waals surface area (Å²) < 4.78 is 38.8. The van der Waals surface area contributed by atoms with Crippen molar-refractivity contribution in [3.8, 4) is 0 Å². The summed E-state index contributed by atoms with van der Waals surface area (Å²) in [7, 11) is -2.50. The Morgan fingerprint density at radius 1 is 1.21 bits per heavy atom. The number of hydrogen-bond acceptors (Lipinski definition) is 3. The Morgan fingerprint density at radius 3 is 2.42 bits per heavy atom. The zero-order chi connectivity index (χ0) is 17.9. The van der Waals surface area contributed by atoms with Gasteiger partial charge in [0.05, 0.1) is 11.4 Å². The van der Waals surface area contributed by atoms with Crippen LogP contribution in [-0.2, 0) is 14.8 Å². The largest absolute Gasteiger partial charge is 0.325 e. The summed E-state index contributed by atoms with van der Waals surface area (Å²) in [6, 6.07) is 9.59. The molecule has 0 aliphatic rings. The second kappa shape index (κ2) is 7.29. The Hall–Kier alpha value is -1.96. The van der Waals surface area contributed by atoms with Crippen LogP contribution in [0.5, 0.6) is 0 Å². The van der Waals surface area contributed by atoms with Crippen LogP contribution in [0.4, 0.5) is 10.1 Å². The van der Waals surface area contributed by atoms with Crippen LogP contribution < -0.4 is 5.32 Å². The fourth-order valence-electron chi connectivity index (χ4n) is 2.03. The molecule has 0 saturated carbocycles. The highest BCUT2D eigenvalue weighted by Crippen LogP contribution is 2.18. The van der Waals surface area contributed by atoms with E-state index < -0.39 is 21.7 Å². The van der Waals surface area contributed by atoms with Crippen LogP contribution in [0.1, 0.15) is 5.56 Å². The zero-order valence-corrected chi connectivity index (χ0v) is 14.7. The fourth-order valence-corrected chi connectivity index (χ4v) is 3.28. The van der Waals surface area contributed by atoms with Crippen LogP contribution in [-0.4, -0.2) is 32.2 Å². The number of anilines is 1. The summed E-state index contributed by atoms with van der Waals surface area (Å²) in [5, 5.41) is 2.99. The second-order valence-corrected chi connectivity index (χ2v) is 7.70. The molecule has 0 radical (unpaired) electrons. The predicted octanol–water partition coefficient (Wildman–Crippen LogP) is 3.05. The molecule has 0 fully saturated rings. The van der Waals surface area contributed by atoms with Crippen molar-refractivity contribution < 1.29 is 17.6 Å². The molecule has 2 aromatic carbocycles. The van der Waals surface area contributed by atoms with E-state index in [4.69, 9.17) is 11.6 Å². The molecule has 1 amide bonds. The smallest absolute Gasteiger partial charge is 0.243 e. The molecule has 24 heavy (non-hydrogen) atoms. The van der Waals surface area contributed by atoms with E-state index >= 15 is 0 Å². The number of carbonyl (C=O) groups is 1. The SMILES string of the molecule is Cc1cc(F)ccc1NC(=O)CN(C)S(=O)(=O)c1ccc(Cl)cc1. The summed E-state index contributed by atoms with van der Waals surface area (Å²) >= 11 is 5.74. The number of halogens is 2. The minimum Gasteiger partial charge on any atom is -0.325 e. The second-order valence-electron chi connectivity index (χ2n) is 5.22. The number of benzene rings is 2. The summed E-state index contributed by atoms with van der Waals surface area (Å²) in [5.74, 6) is -0.933. The number of nitrogens with zero attached hydrogens (tertiary/aromatic N) is 1. The van der Waals surface area contributed by atoms with E-state index in [1.165, 1.54) is 49.5 Å². The molecule has 0 aromatic heterocycles. The highest BCUT2D eigenvalue weighted by atomic mass is 35.5. The number of rotatable bonds is 5. The minimum atomic E-state index is -3.81. The van der Waals surface area contributed by atoms with Crippen LogP contribution in [0, 0.1) is 12.7 Å². The van der Waals surface area contributed by atoms with Gasteiger partial charge < -0.3 is 5.32 Å². The number of likely N-dealkylation sites (N-methyl/N-ethyl adjacent to an activating group) is 1. The van der Waals surface area contributed by atoms with Crippen molar-refractivity contribution in [2.45, 2.75) is 11.8 Å². The lowest BCUT2D eigenvalue weighted by Crippen LogP contribution is -2.35. The van der Waals surface area contributed by atoms with E-state index in [-0.39, 0.29) is 11.4 Å². The standard InChI is InChI=1S/C16H16ClFN2O3S/c1-11-9-13(18)5-8-15(11)19-16(21)10-20(2)24(22,23)14-6-3-12(17)4-7-14/h3-9H,10H2,1-2H3,(H,19,21). The number of hydrogen-bond donors (Lipinski definition) is 1. The van der Waals surface area contributed by atoms with Gasteiger partial charge in [-0.25, -0.2) is 12.8 Å². The highest BCUT2D eigenvalue weighted by Gasteiger charge is 2.23. The molecule has 0 saturated heterocycles. The van der Waals surface area contributed by atoms with Crippen LogP contribution in [0.25, 0.3) is 0 Å². The molecule has 0 unspecified atom stereocenters. The lowest BCUT2D eigenvalue weighted by Gasteiger charge is -2.17. The Bertz CT molecular complexity index is 854. The van der Waals surface area contributed by atoms with Gasteiger partial charge in [0.15, 0.2) is 0 Å². The first kappa shape index (κ1) is 18.4. The molecule has 0 aliphatic heterocycles. The van der Waals surface area contributed by atoms with E-state index in [0.29, 0.717) is 16.3 Å². The number of aryl methyl sites for hydroxylation is 1. The molecule has 2 aromatic rings. The van der Waals surface area contributed by atoms with Crippen molar-refractivity contribution in [1.82, 2.24) is 4.31 Å². The predicted molar refractivity (Wildman–Crippen MR) is 91.0 cm³/mol. The Kier molecular flexibility index (Phi) is 5.58. The van der Waals surface area contributed by atoms with Gasteiger partial charge in [-0.3, -0.25) is 4.79 Å². The van der Waals surface area contributed by atoms with Crippen LogP contribution in [0.2, 0.25) is 5.02 Å². The number of carbonyl (C=O) groups excluding carboxylic acids is 1. The van der Waals surface area contributed by atoms with E-state index in [1.54, 1.807) is 6.92 Å². The average Bonchev–Trinajstić information content (AvgIpc) is 2.50. The third-order valence-electron chi connectivity index (χ3n) is 3.35. The molecule has 128 valence electrons. The number of nitrogens with one attached hydrogen (secondary N) is 1. The molecule has 0 atom stereocenters. The van der Waals surface area contributed by atoms with Crippen molar-refractivity contribution in [3.05, 3.63) is 58.9 Å². The molecule has 0 heterocycles. The van der Waals surface area contributed by atoms with Crippen LogP contribution in [0.15, 0.2) is 47.4 Å². The molecule has 5 nitrogen and oxygen atoms in total. The van der Waals surface area contributed by atoms with Crippen molar-refractivity contribution >= 4 is 33.2 Å². The third kappa shape index (κ3) is 4.31. The van der Waals surface area contributed by atoms with Crippen molar-refractivity contribution in [2.75, 3.05) is 18.9 Å². The summed E-state index contributed by atoms with van der Waals surface area (Å²) in [5.41, 5.74) is 0.977.